The Bertz CT molecular complexity index is 559. The molecule has 0 saturated carbocycles. The highest BCUT2D eigenvalue weighted by Gasteiger charge is 2.06. The third-order valence-corrected chi connectivity index (χ3v) is 3.01. The standard InChI is InChI=1S/C18H20O2/c1-14(2)20-17-10-6-7-15(13-17)11-12-18(19)16-8-4-3-5-9-16/h3-10,13-14H,11-12H2,1-2H3. The zero-order chi connectivity index (χ0) is 14.4. The molecule has 0 aliphatic carbocycles. The molecule has 2 aromatic rings. The highest BCUT2D eigenvalue weighted by molar-refractivity contribution is 5.96. The molecule has 2 rings (SSSR count). The molecule has 2 aromatic carbocycles. The van der Waals surface area contributed by atoms with Crippen molar-refractivity contribution >= 4 is 5.78 Å². The van der Waals surface area contributed by atoms with Crippen molar-refractivity contribution in [1.82, 2.24) is 0 Å². The van der Waals surface area contributed by atoms with Crippen molar-refractivity contribution in [3.8, 4) is 5.75 Å². The van der Waals surface area contributed by atoms with Crippen molar-refractivity contribution in [1.29, 1.82) is 0 Å². The average molecular weight is 268 g/mol. The van der Waals surface area contributed by atoms with E-state index in [4.69, 9.17) is 4.74 Å². The van der Waals surface area contributed by atoms with E-state index in [0.29, 0.717) is 6.42 Å². The molecule has 0 aliphatic heterocycles. The number of ketones is 1. The molecule has 2 nitrogen and oxygen atoms in total. The predicted molar refractivity (Wildman–Crippen MR) is 81.3 cm³/mol. The molecule has 0 fully saturated rings. The second-order valence-electron chi connectivity index (χ2n) is 5.10. The smallest absolute Gasteiger partial charge is 0.163 e. The van der Waals surface area contributed by atoms with Crippen LogP contribution in [0.1, 0.15) is 36.2 Å². The van der Waals surface area contributed by atoms with E-state index in [1.54, 1.807) is 0 Å². The van der Waals surface area contributed by atoms with E-state index in [1.807, 2.05) is 68.4 Å². The first-order chi connectivity index (χ1) is 9.65. The van der Waals surface area contributed by atoms with Crippen LogP contribution in [-0.4, -0.2) is 11.9 Å². The van der Waals surface area contributed by atoms with Gasteiger partial charge >= 0.3 is 0 Å². The molecule has 20 heavy (non-hydrogen) atoms. The van der Waals surface area contributed by atoms with Gasteiger partial charge in [-0.1, -0.05) is 42.5 Å². The number of hydrogen-bond donors (Lipinski definition) is 0. The van der Waals surface area contributed by atoms with E-state index in [-0.39, 0.29) is 11.9 Å². The summed E-state index contributed by atoms with van der Waals surface area (Å²) in [4.78, 5) is 12.0. The van der Waals surface area contributed by atoms with E-state index < -0.39 is 0 Å². The zero-order valence-corrected chi connectivity index (χ0v) is 12.0. The van der Waals surface area contributed by atoms with Gasteiger partial charge < -0.3 is 4.74 Å². The Kier molecular flexibility index (Phi) is 4.94. The molecule has 0 radical (unpaired) electrons. The summed E-state index contributed by atoms with van der Waals surface area (Å²) < 4.78 is 5.66. The number of carbonyl (C=O) groups excluding carboxylic acids is 1. The number of benzene rings is 2. The lowest BCUT2D eigenvalue weighted by atomic mass is 10.0. The SMILES string of the molecule is CC(C)Oc1cccc(CCC(=O)c2ccccc2)c1. The second-order valence-corrected chi connectivity index (χ2v) is 5.10. The summed E-state index contributed by atoms with van der Waals surface area (Å²) in [5, 5.41) is 0. The maximum absolute atomic E-state index is 12.0. The van der Waals surface area contributed by atoms with Gasteiger partial charge in [0.25, 0.3) is 0 Å². The van der Waals surface area contributed by atoms with Crippen LogP contribution in [0.5, 0.6) is 5.75 Å². The van der Waals surface area contributed by atoms with Crippen LogP contribution < -0.4 is 4.74 Å². The van der Waals surface area contributed by atoms with Gasteiger partial charge in [-0.2, -0.15) is 0 Å². The minimum absolute atomic E-state index is 0.163. The average Bonchev–Trinajstić information content (AvgIpc) is 2.45. The van der Waals surface area contributed by atoms with Crippen molar-refractivity contribution < 1.29 is 9.53 Å². The fourth-order valence-corrected chi connectivity index (χ4v) is 2.07. The van der Waals surface area contributed by atoms with Gasteiger partial charge in [0.2, 0.25) is 0 Å². The first kappa shape index (κ1) is 14.3. The Labute approximate surface area is 120 Å². The van der Waals surface area contributed by atoms with Crippen LogP contribution in [0, 0.1) is 0 Å². The molecular formula is C18H20O2. The molecule has 0 N–H and O–H groups in total. The van der Waals surface area contributed by atoms with Crippen molar-refractivity contribution in [3.63, 3.8) is 0 Å². The maximum Gasteiger partial charge on any atom is 0.163 e. The van der Waals surface area contributed by atoms with Gasteiger partial charge in [-0.05, 0) is 38.0 Å². The molecule has 2 heteroatoms. The lowest BCUT2D eigenvalue weighted by Crippen LogP contribution is -2.06. The van der Waals surface area contributed by atoms with E-state index in [1.165, 1.54) is 0 Å². The highest BCUT2D eigenvalue weighted by Crippen LogP contribution is 2.17. The summed E-state index contributed by atoms with van der Waals surface area (Å²) >= 11 is 0. The van der Waals surface area contributed by atoms with Gasteiger partial charge in [-0.3, -0.25) is 4.79 Å². The maximum atomic E-state index is 12.0. The van der Waals surface area contributed by atoms with E-state index in [0.717, 1.165) is 23.3 Å². The Morgan fingerprint density at radius 2 is 1.80 bits per heavy atom. The van der Waals surface area contributed by atoms with Crippen LogP contribution in [0.2, 0.25) is 0 Å². The second kappa shape index (κ2) is 6.90. The number of hydrogen-bond acceptors (Lipinski definition) is 2. The lowest BCUT2D eigenvalue weighted by molar-refractivity contribution is 0.0982. The van der Waals surface area contributed by atoms with Gasteiger partial charge in [-0.15, -0.1) is 0 Å². The van der Waals surface area contributed by atoms with Crippen LogP contribution in [-0.2, 0) is 6.42 Å². The first-order valence-corrected chi connectivity index (χ1v) is 6.99. The molecule has 0 amide bonds. The summed E-state index contributed by atoms with van der Waals surface area (Å²) in [6, 6.07) is 17.4. The summed E-state index contributed by atoms with van der Waals surface area (Å²) in [7, 11) is 0. The number of rotatable bonds is 6. The lowest BCUT2D eigenvalue weighted by Gasteiger charge is -2.10. The molecule has 0 atom stereocenters. The number of ether oxygens (including phenoxy) is 1. The van der Waals surface area contributed by atoms with Crippen LogP contribution in [0.3, 0.4) is 0 Å². The van der Waals surface area contributed by atoms with Gasteiger partial charge in [0.15, 0.2) is 5.78 Å². The number of aryl methyl sites for hydroxylation is 1. The number of Topliss-reactive ketones (excluding diaryl/α,β-unsaturated/α-hetero) is 1. The van der Waals surface area contributed by atoms with Crippen LogP contribution in [0.15, 0.2) is 54.6 Å². The van der Waals surface area contributed by atoms with E-state index >= 15 is 0 Å². The van der Waals surface area contributed by atoms with Crippen LogP contribution >= 0.6 is 0 Å². The largest absolute Gasteiger partial charge is 0.491 e. The monoisotopic (exact) mass is 268 g/mol. The van der Waals surface area contributed by atoms with Gasteiger partial charge in [-0.25, -0.2) is 0 Å². The third kappa shape index (κ3) is 4.23. The van der Waals surface area contributed by atoms with Crippen LogP contribution in [0.4, 0.5) is 0 Å². The van der Waals surface area contributed by atoms with Crippen molar-refractivity contribution in [2.75, 3.05) is 0 Å². The predicted octanol–water partition coefficient (Wildman–Crippen LogP) is 4.29. The summed E-state index contributed by atoms with van der Waals surface area (Å²) in [5.74, 6) is 1.05. The summed E-state index contributed by atoms with van der Waals surface area (Å²) in [6.45, 7) is 4.01. The van der Waals surface area contributed by atoms with E-state index in [2.05, 4.69) is 0 Å². The highest BCUT2D eigenvalue weighted by atomic mass is 16.5. The summed E-state index contributed by atoms with van der Waals surface area (Å²) in [5.41, 5.74) is 1.91. The molecule has 0 aromatic heterocycles. The minimum atomic E-state index is 0.163. The Balaban J connectivity index is 1.95. The molecule has 0 spiro atoms. The van der Waals surface area contributed by atoms with Gasteiger partial charge in [0.1, 0.15) is 5.75 Å². The Morgan fingerprint density at radius 3 is 2.50 bits per heavy atom. The Morgan fingerprint density at radius 1 is 1.05 bits per heavy atom. The molecule has 0 saturated heterocycles. The first-order valence-electron chi connectivity index (χ1n) is 6.99. The molecule has 0 aliphatic rings. The number of carbonyl (C=O) groups is 1. The zero-order valence-electron chi connectivity index (χ0n) is 12.0. The molecule has 104 valence electrons. The Hall–Kier alpha value is -2.09. The third-order valence-electron chi connectivity index (χ3n) is 3.01. The fourth-order valence-electron chi connectivity index (χ4n) is 2.07. The molecule has 0 unspecified atom stereocenters. The topological polar surface area (TPSA) is 26.3 Å². The fraction of sp³-hybridized carbons (Fsp3) is 0.278. The molecule has 0 bridgehead atoms. The van der Waals surface area contributed by atoms with Gasteiger partial charge in [0.05, 0.1) is 6.10 Å². The van der Waals surface area contributed by atoms with Crippen molar-refractivity contribution in [3.05, 3.63) is 65.7 Å². The van der Waals surface area contributed by atoms with Crippen molar-refractivity contribution in [2.24, 2.45) is 0 Å². The minimum Gasteiger partial charge on any atom is -0.491 e. The van der Waals surface area contributed by atoms with Crippen molar-refractivity contribution in [2.45, 2.75) is 32.8 Å². The van der Waals surface area contributed by atoms with Crippen LogP contribution in [0.25, 0.3) is 0 Å². The molecule has 0 heterocycles. The quantitative estimate of drug-likeness (QED) is 0.730. The van der Waals surface area contributed by atoms with Gasteiger partial charge in [0, 0.05) is 12.0 Å². The molecular weight excluding hydrogens is 248 g/mol. The van der Waals surface area contributed by atoms with E-state index in [9.17, 15) is 4.79 Å². The normalized spacial score (nSPS) is 10.6. The summed E-state index contributed by atoms with van der Waals surface area (Å²) in [6.07, 6.45) is 1.43.